The van der Waals surface area contributed by atoms with Crippen LogP contribution in [0.15, 0.2) is 24.3 Å². The van der Waals surface area contributed by atoms with Gasteiger partial charge in [-0.3, -0.25) is 25.1 Å². The highest BCUT2D eigenvalue weighted by molar-refractivity contribution is 6.01. The Morgan fingerprint density at radius 2 is 1.85 bits per heavy atom. The van der Waals surface area contributed by atoms with Crippen molar-refractivity contribution in [2.24, 2.45) is 5.90 Å². The molecule has 1 atom stereocenters. The highest BCUT2D eigenvalue weighted by atomic mass is 16.6. The van der Waals surface area contributed by atoms with Crippen molar-refractivity contribution >= 4 is 18.2 Å². The van der Waals surface area contributed by atoms with E-state index in [1.165, 1.54) is 4.90 Å². The average Bonchev–Trinajstić information content (AvgIpc) is 2.66. The van der Waals surface area contributed by atoms with Crippen molar-refractivity contribution < 1.29 is 35.3 Å². The first-order valence-corrected chi connectivity index (χ1v) is 7.59. The molecule has 148 valence electrons. The third-order valence-corrected chi connectivity index (χ3v) is 3.09. The second kappa shape index (κ2) is 14.9. The quantitative estimate of drug-likeness (QED) is 0.268. The van der Waals surface area contributed by atoms with E-state index >= 15 is 0 Å². The monoisotopic (exact) mass is 373 g/mol. The molecule has 7 N–H and O–H groups in total. The first-order valence-electron chi connectivity index (χ1n) is 7.59. The van der Waals surface area contributed by atoms with Gasteiger partial charge in [0.15, 0.2) is 6.29 Å². The van der Waals surface area contributed by atoms with Gasteiger partial charge in [-0.2, -0.15) is 5.01 Å². The van der Waals surface area contributed by atoms with Gasteiger partial charge < -0.3 is 15.1 Å². The van der Waals surface area contributed by atoms with E-state index in [0.29, 0.717) is 24.0 Å². The van der Waals surface area contributed by atoms with Crippen molar-refractivity contribution in [3.63, 3.8) is 0 Å². The maximum Gasteiger partial charge on any atom is 0.304 e. The summed E-state index contributed by atoms with van der Waals surface area (Å²) in [4.78, 5) is 38.4. The van der Waals surface area contributed by atoms with Crippen molar-refractivity contribution in [3.05, 3.63) is 35.4 Å². The molecule has 0 bridgehead atoms. The number of aliphatic hydroxyl groups excluding tert-OH is 1. The van der Waals surface area contributed by atoms with Crippen molar-refractivity contribution in [2.75, 3.05) is 27.7 Å². The lowest BCUT2D eigenvalue weighted by molar-refractivity contribution is -0.566. The van der Waals surface area contributed by atoms with Crippen LogP contribution in [-0.4, -0.2) is 72.3 Å². The van der Waals surface area contributed by atoms with Crippen LogP contribution in [0.3, 0.4) is 0 Å². The van der Waals surface area contributed by atoms with Crippen LogP contribution >= 0.6 is 0 Å². The number of rotatable bonds is 7. The summed E-state index contributed by atoms with van der Waals surface area (Å²) in [6.45, 7) is 2.15. The molecule has 1 unspecified atom stereocenters. The lowest BCUT2D eigenvalue weighted by Crippen LogP contribution is -2.65. The molecule has 0 spiro atoms. The van der Waals surface area contributed by atoms with Crippen LogP contribution < -0.4 is 11.7 Å². The number of carbonyl (C=O) groups is 3. The van der Waals surface area contributed by atoms with Crippen LogP contribution in [0.4, 0.5) is 0 Å². The molecule has 0 radical (unpaired) electrons. The maximum absolute atomic E-state index is 12.0. The summed E-state index contributed by atoms with van der Waals surface area (Å²) >= 11 is 0. The van der Waals surface area contributed by atoms with Gasteiger partial charge in [0.05, 0.1) is 18.5 Å². The number of carboxylic acids is 1. The summed E-state index contributed by atoms with van der Waals surface area (Å²) in [6.07, 6.45) is 0.266. The number of nitrogens with two attached hydrogens (primary N) is 1. The molecule has 10 nitrogen and oxygen atoms in total. The molecule has 0 aliphatic heterocycles. The number of aliphatic hydroxyl groups is 1. The lowest BCUT2D eigenvalue weighted by Gasteiger charge is -2.23. The van der Waals surface area contributed by atoms with E-state index in [1.54, 1.807) is 50.3 Å². The van der Waals surface area contributed by atoms with Crippen molar-refractivity contribution in [2.45, 2.75) is 19.6 Å². The highest BCUT2D eigenvalue weighted by Gasteiger charge is 2.19. The van der Waals surface area contributed by atoms with E-state index in [4.69, 9.17) is 16.1 Å². The summed E-state index contributed by atoms with van der Waals surface area (Å²) in [6, 6.07) is 6.57. The minimum absolute atomic E-state index is 0.167. The Balaban J connectivity index is 0. The standard InChI is InChI=1S/C11H14N2O3.C4H10N2O2.CH4O/c1-8(16-12)13(2)11(15)10-6-4-3-5-9(10)7-14;1-6(5)3-2-4(7)8;1-2/h3-8H,12H2,1-2H3;2-3,5H2,1H3,(H,7,8);2H,1H3/p+1. The van der Waals surface area contributed by atoms with Gasteiger partial charge in [-0.15, -0.1) is 0 Å². The summed E-state index contributed by atoms with van der Waals surface area (Å²) in [5.41, 5.74) is 0.687. The Labute approximate surface area is 152 Å². The molecule has 0 saturated carbocycles. The van der Waals surface area contributed by atoms with Crippen LogP contribution in [0.2, 0.25) is 0 Å². The van der Waals surface area contributed by atoms with E-state index in [-0.39, 0.29) is 12.3 Å². The predicted molar refractivity (Wildman–Crippen MR) is 94.6 cm³/mol. The normalized spacial score (nSPS) is 10.6. The van der Waals surface area contributed by atoms with Gasteiger partial charge in [-0.25, -0.2) is 5.90 Å². The molecule has 1 aromatic rings. The van der Waals surface area contributed by atoms with Gasteiger partial charge >= 0.3 is 5.97 Å². The fourth-order valence-corrected chi connectivity index (χ4v) is 1.53. The Bertz CT molecular complexity index is 553. The van der Waals surface area contributed by atoms with Gasteiger partial charge in [-0.1, -0.05) is 18.2 Å². The SMILES string of the molecule is CC(ON)N(C)C(=O)c1ccccc1C=O.CN([NH3+])CCC(=O)O.CO. The van der Waals surface area contributed by atoms with Gasteiger partial charge in [-0.05, 0) is 13.0 Å². The van der Waals surface area contributed by atoms with Crippen LogP contribution in [-0.2, 0) is 9.63 Å². The molecule has 1 rings (SSSR count). The molecule has 1 aromatic carbocycles. The van der Waals surface area contributed by atoms with Crippen molar-refractivity contribution in [3.8, 4) is 0 Å². The molecule has 1 amide bonds. The third kappa shape index (κ3) is 10.5. The molecule has 0 fully saturated rings. The molecule has 0 aliphatic carbocycles. The van der Waals surface area contributed by atoms with Gasteiger partial charge in [0.2, 0.25) is 0 Å². The number of carboxylic acid groups (broad SMARTS) is 1. The van der Waals surface area contributed by atoms with Crippen LogP contribution in [0.5, 0.6) is 0 Å². The Morgan fingerprint density at radius 3 is 2.23 bits per heavy atom. The summed E-state index contributed by atoms with van der Waals surface area (Å²) in [5.74, 6) is 7.39. The topological polar surface area (TPSA) is 161 Å². The van der Waals surface area contributed by atoms with E-state index < -0.39 is 12.2 Å². The highest BCUT2D eigenvalue weighted by Crippen LogP contribution is 2.10. The molecule has 0 heterocycles. The summed E-state index contributed by atoms with van der Waals surface area (Å²) in [7, 11) is 4.30. The Hall–Kier alpha value is -2.37. The van der Waals surface area contributed by atoms with E-state index in [0.717, 1.165) is 7.11 Å². The second-order valence-corrected chi connectivity index (χ2v) is 5.08. The first kappa shape index (κ1) is 25.9. The van der Waals surface area contributed by atoms with E-state index in [2.05, 4.69) is 10.7 Å². The van der Waals surface area contributed by atoms with Crippen LogP contribution in [0.1, 0.15) is 34.1 Å². The smallest absolute Gasteiger partial charge is 0.304 e. The number of hydrogen-bond donors (Lipinski definition) is 4. The largest absolute Gasteiger partial charge is 0.481 e. The first-order chi connectivity index (χ1) is 12.2. The molecular weight excluding hydrogens is 344 g/mol. The molecule has 0 aliphatic rings. The minimum atomic E-state index is -0.777. The molecule has 0 saturated heterocycles. The van der Waals surface area contributed by atoms with E-state index in [9.17, 15) is 14.4 Å². The number of quaternary nitrogens is 1. The third-order valence-electron chi connectivity index (χ3n) is 3.09. The molecule has 26 heavy (non-hydrogen) atoms. The molecule has 10 heteroatoms. The molecule has 0 aromatic heterocycles. The van der Waals surface area contributed by atoms with Gasteiger partial charge in [0.1, 0.15) is 6.23 Å². The average molecular weight is 373 g/mol. The van der Waals surface area contributed by atoms with Crippen molar-refractivity contribution in [1.82, 2.24) is 9.91 Å². The van der Waals surface area contributed by atoms with Crippen LogP contribution in [0, 0.1) is 0 Å². The number of benzene rings is 1. The maximum atomic E-state index is 12.0. The Kier molecular flexibility index (Phi) is 14.9. The number of hydrogen-bond acceptors (Lipinski definition) is 7. The fraction of sp³-hybridized carbons (Fsp3) is 0.438. The van der Waals surface area contributed by atoms with Gasteiger partial charge in [0, 0.05) is 26.8 Å². The summed E-state index contributed by atoms with van der Waals surface area (Å²) < 4.78 is 0. The number of carbonyl (C=O) groups excluding carboxylic acids is 2. The number of aldehydes is 1. The Morgan fingerprint density at radius 1 is 1.31 bits per heavy atom. The number of nitrogens with zero attached hydrogens (tertiary/aromatic N) is 2. The minimum Gasteiger partial charge on any atom is -0.481 e. The fourth-order valence-electron chi connectivity index (χ4n) is 1.53. The zero-order valence-corrected chi connectivity index (χ0v) is 15.6. The van der Waals surface area contributed by atoms with Crippen molar-refractivity contribution in [1.29, 1.82) is 0 Å². The second-order valence-electron chi connectivity index (χ2n) is 5.08. The zero-order chi connectivity index (χ0) is 20.7. The van der Waals surface area contributed by atoms with E-state index in [1.807, 2.05) is 0 Å². The number of amides is 1. The molecular formula is C16H29N4O6+. The lowest BCUT2D eigenvalue weighted by atomic mass is 10.1. The van der Waals surface area contributed by atoms with Gasteiger partial charge in [0.25, 0.3) is 5.91 Å². The van der Waals surface area contributed by atoms with Crippen LogP contribution in [0.25, 0.3) is 0 Å². The predicted octanol–water partition coefficient (Wildman–Crippen LogP) is -1.03. The zero-order valence-electron chi connectivity index (χ0n) is 15.6. The number of aliphatic carboxylic acids is 1. The summed E-state index contributed by atoms with van der Waals surface area (Å²) in [5, 5.41) is 16.7.